The van der Waals surface area contributed by atoms with Gasteiger partial charge in [0.1, 0.15) is 12.3 Å². The maximum Gasteiger partial charge on any atom is 0.320 e. The summed E-state index contributed by atoms with van der Waals surface area (Å²) in [5, 5.41) is 2.62. The van der Waals surface area contributed by atoms with Gasteiger partial charge in [0.15, 0.2) is 5.78 Å². The van der Waals surface area contributed by atoms with Gasteiger partial charge < -0.3 is 10.1 Å². The summed E-state index contributed by atoms with van der Waals surface area (Å²) in [4.78, 5) is 48.7. The van der Waals surface area contributed by atoms with Crippen molar-refractivity contribution in [3.05, 3.63) is 87.2 Å². The van der Waals surface area contributed by atoms with E-state index in [1.807, 2.05) is 6.92 Å². The van der Waals surface area contributed by atoms with Gasteiger partial charge in [-0.05, 0) is 50.2 Å². The third-order valence-corrected chi connectivity index (χ3v) is 4.35. The second kappa shape index (κ2) is 9.04. The molecule has 0 atom stereocenters. The monoisotopic (exact) mass is 407 g/mol. The summed E-state index contributed by atoms with van der Waals surface area (Å²) in [6, 6.07) is 13.2. The molecule has 0 saturated heterocycles. The normalized spacial score (nSPS) is 10.5. The Labute approximate surface area is 172 Å². The van der Waals surface area contributed by atoms with Crippen LogP contribution in [0.25, 0.3) is 5.69 Å². The number of hydrogen-bond acceptors (Lipinski definition) is 5. The Bertz CT molecular complexity index is 1190. The van der Waals surface area contributed by atoms with Gasteiger partial charge in [-0.15, -0.1) is 0 Å². The quantitative estimate of drug-likeness (QED) is 0.478. The highest BCUT2D eigenvalue weighted by Gasteiger charge is 2.11. The molecule has 154 valence electrons. The van der Waals surface area contributed by atoms with Crippen molar-refractivity contribution in [3.63, 3.8) is 0 Å². The minimum atomic E-state index is -0.820. The van der Waals surface area contributed by atoms with E-state index < -0.39 is 17.0 Å². The number of ketones is 1. The zero-order valence-corrected chi connectivity index (χ0v) is 16.6. The lowest BCUT2D eigenvalue weighted by atomic mass is 10.1. The molecule has 0 unspecified atom stereocenters. The molecule has 0 aliphatic carbocycles. The van der Waals surface area contributed by atoms with E-state index in [0.717, 1.165) is 4.57 Å². The molecule has 3 rings (SSSR count). The maximum absolute atomic E-state index is 12.5. The van der Waals surface area contributed by atoms with Crippen molar-refractivity contribution >= 4 is 17.4 Å². The standard InChI is InChI=1S/C22H21N3O5/c1-3-30-19-9-7-18(8-10-19)25-12-11-24(21(28)22(25)29)14-20(27)23-17-6-4-5-16(13-17)15(2)26/h4-13H,3,14H2,1-2H3,(H,23,27). The van der Waals surface area contributed by atoms with Crippen molar-refractivity contribution in [2.24, 2.45) is 0 Å². The van der Waals surface area contributed by atoms with E-state index >= 15 is 0 Å². The first-order chi connectivity index (χ1) is 14.4. The van der Waals surface area contributed by atoms with E-state index in [2.05, 4.69) is 5.32 Å². The number of nitrogens with one attached hydrogen (secondary N) is 1. The Hall–Kier alpha value is -3.94. The lowest BCUT2D eigenvalue weighted by Crippen LogP contribution is -2.41. The molecule has 0 aliphatic heterocycles. The largest absolute Gasteiger partial charge is 0.494 e. The van der Waals surface area contributed by atoms with Crippen LogP contribution >= 0.6 is 0 Å². The Balaban J connectivity index is 1.77. The zero-order chi connectivity index (χ0) is 21.7. The number of carbonyl (C=O) groups is 2. The Morgan fingerprint density at radius 1 is 1.00 bits per heavy atom. The van der Waals surface area contributed by atoms with Crippen LogP contribution in [-0.2, 0) is 11.3 Å². The predicted octanol–water partition coefficient (Wildman–Crippen LogP) is 2.24. The van der Waals surface area contributed by atoms with Crippen molar-refractivity contribution < 1.29 is 14.3 Å². The second-order valence-electron chi connectivity index (χ2n) is 6.52. The van der Waals surface area contributed by atoms with Gasteiger partial charge in [0.05, 0.1) is 6.61 Å². The summed E-state index contributed by atoms with van der Waals surface area (Å²) >= 11 is 0. The molecule has 0 spiro atoms. The molecule has 0 aliphatic rings. The molecule has 1 N–H and O–H groups in total. The molecule has 0 bridgehead atoms. The van der Waals surface area contributed by atoms with E-state index in [4.69, 9.17) is 4.74 Å². The Morgan fingerprint density at radius 2 is 1.73 bits per heavy atom. The van der Waals surface area contributed by atoms with Gasteiger partial charge in [0.25, 0.3) is 0 Å². The van der Waals surface area contributed by atoms with Crippen LogP contribution in [0.4, 0.5) is 5.69 Å². The molecule has 8 heteroatoms. The fourth-order valence-corrected chi connectivity index (χ4v) is 2.88. The third-order valence-electron chi connectivity index (χ3n) is 4.35. The molecule has 2 aromatic carbocycles. The summed E-state index contributed by atoms with van der Waals surface area (Å²) in [6.45, 7) is 3.49. The number of anilines is 1. The van der Waals surface area contributed by atoms with Crippen molar-refractivity contribution in [1.29, 1.82) is 0 Å². The first-order valence-corrected chi connectivity index (χ1v) is 9.35. The van der Waals surface area contributed by atoms with Crippen LogP contribution < -0.4 is 21.2 Å². The van der Waals surface area contributed by atoms with Crippen LogP contribution in [0, 0.1) is 0 Å². The van der Waals surface area contributed by atoms with E-state index in [9.17, 15) is 19.2 Å². The summed E-state index contributed by atoms with van der Waals surface area (Å²) < 4.78 is 7.62. The molecule has 8 nitrogen and oxygen atoms in total. The first-order valence-electron chi connectivity index (χ1n) is 9.35. The number of nitrogens with zero attached hydrogens (tertiary/aromatic N) is 2. The molecule has 1 heterocycles. The topological polar surface area (TPSA) is 99.4 Å². The summed E-state index contributed by atoms with van der Waals surface area (Å²) in [5.74, 6) is 0.0457. The van der Waals surface area contributed by atoms with Crippen LogP contribution in [0.5, 0.6) is 5.75 Å². The van der Waals surface area contributed by atoms with Crippen molar-refractivity contribution in [2.75, 3.05) is 11.9 Å². The van der Waals surface area contributed by atoms with Gasteiger partial charge >= 0.3 is 11.1 Å². The van der Waals surface area contributed by atoms with Crippen LogP contribution in [0.3, 0.4) is 0 Å². The van der Waals surface area contributed by atoms with Crippen LogP contribution in [-0.4, -0.2) is 27.4 Å². The maximum atomic E-state index is 12.5. The summed E-state index contributed by atoms with van der Waals surface area (Å²) in [5.41, 5.74) is -0.184. The van der Waals surface area contributed by atoms with Gasteiger partial charge in [-0.1, -0.05) is 12.1 Å². The van der Waals surface area contributed by atoms with Crippen LogP contribution in [0.15, 0.2) is 70.5 Å². The zero-order valence-electron chi connectivity index (χ0n) is 16.6. The van der Waals surface area contributed by atoms with Crippen LogP contribution in [0.1, 0.15) is 24.2 Å². The van der Waals surface area contributed by atoms with Gasteiger partial charge in [-0.25, -0.2) is 0 Å². The smallest absolute Gasteiger partial charge is 0.320 e. The number of benzene rings is 2. The highest BCUT2D eigenvalue weighted by Crippen LogP contribution is 2.14. The van der Waals surface area contributed by atoms with Crippen molar-refractivity contribution in [1.82, 2.24) is 9.13 Å². The predicted molar refractivity (Wildman–Crippen MR) is 113 cm³/mol. The highest BCUT2D eigenvalue weighted by molar-refractivity contribution is 5.97. The molecule has 0 radical (unpaired) electrons. The second-order valence-corrected chi connectivity index (χ2v) is 6.52. The fraction of sp³-hybridized carbons (Fsp3) is 0.182. The lowest BCUT2D eigenvalue weighted by molar-refractivity contribution is -0.116. The van der Waals surface area contributed by atoms with E-state index in [1.54, 1.807) is 48.5 Å². The number of amides is 1. The summed E-state index contributed by atoms with van der Waals surface area (Å²) in [7, 11) is 0. The minimum absolute atomic E-state index is 0.125. The van der Waals surface area contributed by atoms with E-state index in [-0.39, 0.29) is 12.3 Å². The van der Waals surface area contributed by atoms with Gasteiger partial charge in [-0.2, -0.15) is 0 Å². The number of Topliss-reactive ketones (excluding diaryl/α,β-unsaturated/α-hetero) is 1. The van der Waals surface area contributed by atoms with Gasteiger partial charge in [-0.3, -0.25) is 28.3 Å². The number of rotatable bonds is 7. The first kappa shape index (κ1) is 20.8. The molecular weight excluding hydrogens is 386 g/mol. The fourth-order valence-electron chi connectivity index (χ4n) is 2.88. The van der Waals surface area contributed by atoms with Crippen molar-refractivity contribution in [2.45, 2.75) is 20.4 Å². The number of aromatic nitrogens is 2. The molecule has 1 amide bonds. The van der Waals surface area contributed by atoms with Crippen molar-refractivity contribution in [3.8, 4) is 11.4 Å². The van der Waals surface area contributed by atoms with Crippen LogP contribution in [0.2, 0.25) is 0 Å². The van der Waals surface area contributed by atoms with E-state index in [1.165, 1.54) is 23.9 Å². The van der Waals surface area contributed by atoms with E-state index in [0.29, 0.717) is 29.3 Å². The average molecular weight is 407 g/mol. The number of ether oxygens (including phenoxy) is 1. The summed E-state index contributed by atoms with van der Waals surface area (Å²) in [6.07, 6.45) is 2.81. The molecule has 30 heavy (non-hydrogen) atoms. The molecule has 1 aromatic heterocycles. The lowest BCUT2D eigenvalue weighted by Gasteiger charge is -2.10. The Morgan fingerprint density at radius 3 is 2.40 bits per heavy atom. The molecule has 0 saturated carbocycles. The number of carbonyl (C=O) groups excluding carboxylic acids is 2. The van der Waals surface area contributed by atoms with Gasteiger partial charge in [0.2, 0.25) is 5.91 Å². The minimum Gasteiger partial charge on any atom is -0.494 e. The van der Waals surface area contributed by atoms with Gasteiger partial charge in [0, 0.05) is 29.3 Å². The molecule has 0 fully saturated rings. The number of hydrogen-bond donors (Lipinski definition) is 1. The third kappa shape index (κ3) is 4.72. The highest BCUT2D eigenvalue weighted by atomic mass is 16.5. The molecular formula is C22H21N3O5. The average Bonchev–Trinajstić information content (AvgIpc) is 2.73. The Kier molecular flexibility index (Phi) is 6.26. The SMILES string of the molecule is CCOc1ccc(-n2ccn(CC(=O)Nc3cccc(C(C)=O)c3)c(=O)c2=O)cc1. The molecule has 3 aromatic rings.